The van der Waals surface area contributed by atoms with Crippen LogP contribution in [-0.2, 0) is 6.42 Å². The van der Waals surface area contributed by atoms with Crippen molar-refractivity contribution < 1.29 is 22.0 Å². The highest BCUT2D eigenvalue weighted by Gasteiger charge is 2.12. The highest BCUT2D eigenvalue weighted by Crippen LogP contribution is 2.19. The van der Waals surface area contributed by atoms with Crippen LogP contribution in [0.3, 0.4) is 0 Å². The van der Waals surface area contributed by atoms with E-state index in [1.54, 1.807) is 0 Å². The third kappa shape index (κ3) is 5.25. The minimum absolute atomic E-state index is 0.0541. The lowest BCUT2D eigenvalue weighted by Gasteiger charge is -2.06. The molecule has 1 aromatic heterocycles. The van der Waals surface area contributed by atoms with Gasteiger partial charge < -0.3 is 5.73 Å². The van der Waals surface area contributed by atoms with Crippen molar-refractivity contribution in [1.29, 1.82) is 0 Å². The number of benzene rings is 1. The van der Waals surface area contributed by atoms with Gasteiger partial charge in [0.05, 0.1) is 22.1 Å². The molecule has 0 aliphatic rings. The van der Waals surface area contributed by atoms with E-state index in [0.29, 0.717) is 0 Å². The van der Waals surface area contributed by atoms with Gasteiger partial charge in [0.15, 0.2) is 11.6 Å². The third-order valence-electron chi connectivity index (χ3n) is 2.99. The highest BCUT2D eigenvalue weighted by molar-refractivity contribution is 6.30. The Morgan fingerprint density at radius 2 is 1.88 bits per heavy atom. The first-order valence-electron chi connectivity index (χ1n) is 6.84. The van der Waals surface area contributed by atoms with E-state index in [4.69, 9.17) is 17.3 Å². The van der Waals surface area contributed by atoms with Crippen LogP contribution in [0.15, 0.2) is 47.2 Å². The average molecular weight is 376 g/mol. The Kier molecular flexibility index (Phi) is 6.08. The van der Waals surface area contributed by atoms with Crippen LogP contribution in [0.2, 0.25) is 5.02 Å². The fraction of sp³-hybridized carbons (Fsp3) is 0.125. The van der Waals surface area contributed by atoms with Crippen molar-refractivity contribution in [3.05, 3.63) is 70.4 Å². The zero-order chi connectivity index (χ0) is 18.6. The van der Waals surface area contributed by atoms with Crippen molar-refractivity contribution in [2.75, 3.05) is 0 Å². The molecule has 0 saturated carbocycles. The van der Waals surface area contributed by atoms with E-state index < -0.39 is 29.6 Å². The SMILES string of the molecule is N/C(=C\C(Cc1ncc(Cl)cc1F)=Nc1ccc(F)c(F)c1)C(F)F. The second kappa shape index (κ2) is 8.06. The van der Waals surface area contributed by atoms with Gasteiger partial charge in [-0.15, -0.1) is 0 Å². The van der Waals surface area contributed by atoms with E-state index in [9.17, 15) is 22.0 Å². The van der Waals surface area contributed by atoms with Gasteiger partial charge in [-0.25, -0.2) is 22.0 Å². The number of alkyl halides is 2. The van der Waals surface area contributed by atoms with Crippen molar-refractivity contribution in [3.8, 4) is 0 Å². The summed E-state index contributed by atoms with van der Waals surface area (Å²) in [5, 5.41) is 0.0583. The van der Waals surface area contributed by atoms with E-state index in [2.05, 4.69) is 9.98 Å². The second-order valence-corrected chi connectivity index (χ2v) is 5.34. The van der Waals surface area contributed by atoms with E-state index in [1.165, 1.54) is 6.20 Å². The molecule has 0 radical (unpaired) electrons. The molecule has 0 aliphatic heterocycles. The van der Waals surface area contributed by atoms with Crippen molar-refractivity contribution >= 4 is 23.0 Å². The molecule has 1 heterocycles. The zero-order valence-electron chi connectivity index (χ0n) is 12.5. The molecule has 25 heavy (non-hydrogen) atoms. The van der Waals surface area contributed by atoms with Crippen LogP contribution in [0.1, 0.15) is 5.69 Å². The predicted octanol–water partition coefficient (Wildman–Crippen LogP) is 4.58. The summed E-state index contributed by atoms with van der Waals surface area (Å²) in [7, 11) is 0. The largest absolute Gasteiger partial charge is 0.397 e. The molecule has 0 atom stereocenters. The van der Waals surface area contributed by atoms with Crippen LogP contribution in [0.5, 0.6) is 0 Å². The highest BCUT2D eigenvalue weighted by atomic mass is 35.5. The van der Waals surface area contributed by atoms with Gasteiger partial charge in [0.1, 0.15) is 5.82 Å². The Morgan fingerprint density at radius 1 is 1.16 bits per heavy atom. The number of nitrogens with two attached hydrogens (primary N) is 1. The van der Waals surface area contributed by atoms with Crippen LogP contribution >= 0.6 is 11.6 Å². The number of rotatable bonds is 5. The van der Waals surface area contributed by atoms with E-state index in [0.717, 1.165) is 30.3 Å². The van der Waals surface area contributed by atoms with Crippen molar-refractivity contribution in [3.63, 3.8) is 0 Å². The van der Waals surface area contributed by atoms with Crippen LogP contribution in [0.25, 0.3) is 0 Å². The Morgan fingerprint density at radius 3 is 2.48 bits per heavy atom. The van der Waals surface area contributed by atoms with Gasteiger partial charge in [0, 0.05) is 24.4 Å². The van der Waals surface area contributed by atoms with E-state index in [1.807, 2.05) is 0 Å². The fourth-order valence-corrected chi connectivity index (χ4v) is 1.99. The Labute approximate surface area is 144 Å². The van der Waals surface area contributed by atoms with E-state index in [-0.39, 0.29) is 28.5 Å². The van der Waals surface area contributed by atoms with Crippen LogP contribution < -0.4 is 5.73 Å². The molecule has 0 spiro atoms. The molecule has 2 N–H and O–H groups in total. The van der Waals surface area contributed by atoms with Crippen LogP contribution in [-0.4, -0.2) is 17.1 Å². The van der Waals surface area contributed by atoms with Gasteiger partial charge in [-0.3, -0.25) is 9.98 Å². The lowest BCUT2D eigenvalue weighted by Crippen LogP contribution is -2.12. The normalized spacial score (nSPS) is 12.8. The molecule has 1 aromatic carbocycles. The van der Waals surface area contributed by atoms with Gasteiger partial charge in [0.25, 0.3) is 6.43 Å². The lowest BCUT2D eigenvalue weighted by molar-refractivity contribution is 0.188. The first-order valence-corrected chi connectivity index (χ1v) is 7.22. The van der Waals surface area contributed by atoms with Crippen molar-refractivity contribution in [2.45, 2.75) is 12.8 Å². The number of hydrogen-bond donors (Lipinski definition) is 1. The maximum absolute atomic E-state index is 13.9. The summed E-state index contributed by atoms with van der Waals surface area (Å²) in [6.45, 7) is 0. The molecular formula is C16H11ClF5N3. The maximum Gasteiger partial charge on any atom is 0.277 e. The summed E-state index contributed by atoms with van der Waals surface area (Å²) < 4.78 is 65.4. The smallest absolute Gasteiger partial charge is 0.277 e. The van der Waals surface area contributed by atoms with Gasteiger partial charge in [0.2, 0.25) is 0 Å². The second-order valence-electron chi connectivity index (χ2n) is 4.91. The number of allylic oxidation sites excluding steroid dienone is 2. The molecular weight excluding hydrogens is 365 g/mol. The maximum atomic E-state index is 13.9. The van der Waals surface area contributed by atoms with Gasteiger partial charge in [-0.1, -0.05) is 11.6 Å². The molecule has 0 aliphatic carbocycles. The summed E-state index contributed by atoms with van der Waals surface area (Å²) in [4.78, 5) is 7.69. The molecule has 132 valence electrons. The number of halogens is 6. The first-order chi connectivity index (χ1) is 11.8. The molecule has 3 nitrogen and oxygen atoms in total. The Balaban J connectivity index is 2.43. The summed E-state index contributed by atoms with van der Waals surface area (Å²) in [6.07, 6.45) is -1.26. The van der Waals surface area contributed by atoms with Crippen LogP contribution in [0, 0.1) is 17.5 Å². The van der Waals surface area contributed by atoms with Crippen molar-refractivity contribution in [1.82, 2.24) is 4.98 Å². The fourth-order valence-electron chi connectivity index (χ4n) is 1.84. The molecule has 0 saturated heterocycles. The summed E-state index contributed by atoms with van der Waals surface area (Å²) in [5.41, 5.74) is 4.10. The number of aliphatic imine (C=N–C) groups is 1. The lowest BCUT2D eigenvalue weighted by atomic mass is 10.1. The summed E-state index contributed by atoms with van der Waals surface area (Å²) in [6, 6.07) is 3.73. The quantitative estimate of drug-likeness (QED) is 0.614. The number of hydrogen-bond acceptors (Lipinski definition) is 3. The molecule has 0 fully saturated rings. The molecule has 0 amide bonds. The minimum atomic E-state index is -2.96. The number of pyridine rings is 1. The topological polar surface area (TPSA) is 51.3 Å². The molecule has 0 bridgehead atoms. The van der Waals surface area contributed by atoms with E-state index >= 15 is 0 Å². The monoisotopic (exact) mass is 375 g/mol. The standard InChI is InChI=1S/C16H11ClF5N3/c17-8-3-13(20)15(24-7-8)6-10(5-14(23)16(21)22)25-9-1-2-11(18)12(19)4-9/h1-5,7,16H,6,23H2/b14-5-,25-10?. The average Bonchev–Trinajstić information content (AvgIpc) is 2.53. The van der Waals surface area contributed by atoms with Crippen LogP contribution in [0.4, 0.5) is 27.6 Å². The molecule has 0 unspecified atom stereocenters. The summed E-state index contributed by atoms with van der Waals surface area (Å²) in [5.74, 6) is -3.02. The molecule has 9 heteroatoms. The Hall–Kier alpha value is -2.48. The third-order valence-corrected chi connectivity index (χ3v) is 3.20. The number of nitrogens with zero attached hydrogens (tertiary/aromatic N) is 2. The first kappa shape index (κ1) is 18.9. The van der Waals surface area contributed by atoms with Gasteiger partial charge in [-0.05, 0) is 24.3 Å². The van der Waals surface area contributed by atoms with Crippen molar-refractivity contribution in [2.24, 2.45) is 10.7 Å². The minimum Gasteiger partial charge on any atom is -0.397 e. The molecule has 2 rings (SSSR count). The summed E-state index contributed by atoms with van der Waals surface area (Å²) >= 11 is 5.60. The molecule has 2 aromatic rings. The van der Waals surface area contributed by atoms with Gasteiger partial charge >= 0.3 is 0 Å². The number of aromatic nitrogens is 1. The predicted molar refractivity (Wildman–Crippen MR) is 84.6 cm³/mol. The van der Waals surface area contributed by atoms with Gasteiger partial charge in [-0.2, -0.15) is 0 Å². The Bertz CT molecular complexity index is 837. The zero-order valence-corrected chi connectivity index (χ0v) is 13.2.